The summed E-state index contributed by atoms with van der Waals surface area (Å²) in [6, 6.07) is 14.6. The molecule has 1 aliphatic rings. The van der Waals surface area contributed by atoms with Crippen molar-refractivity contribution in [1.82, 2.24) is 19.8 Å². The Kier molecular flexibility index (Phi) is 4.83. The van der Waals surface area contributed by atoms with Crippen molar-refractivity contribution in [2.45, 2.75) is 6.04 Å². The van der Waals surface area contributed by atoms with Crippen LogP contribution in [0.15, 0.2) is 66.5 Å². The number of amides is 1. The number of hydrogen-bond donors (Lipinski definition) is 3. The Hall–Kier alpha value is -3.84. The SMILES string of the molecule is CN(C)CCN1C(=O)C(=O)/C(=C(/O)c2c[nH]c3ccccc23)C1c1c[nH]c2ccccc12. The molecule has 0 bridgehead atoms. The summed E-state index contributed by atoms with van der Waals surface area (Å²) in [7, 11) is 3.84. The molecule has 1 saturated heterocycles. The number of hydrogen-bond acceptors (Lipinski definition) is 4. The summed E-state index contributed by atoms with van der Waals surface area (Å²) >= 11 is 0. The van der Waals surface area contributed by atoms with Gasteiger partial charge in [-0.25, -0.2) is 0 Å². The largest absolute Gasteiger partial charge is 0.507 e. The first-order chi connectivity index (χ1) is 15.5. The summed E-state index contributed by atoms with van der Waals surface area (Å²) in [4.78, 5) is 36.2. The summed E-state index contributed by atoms with van der Waals surface area (Å²) in [6.45, 7) is 0.964. The van der Waals surface area contributed by atoms with Crippen LogP contribution in [0.3, 0.4) is 0 Å². The normalized spacial score (nSPS) is 18.5. The number of nitrogens with zero attached hydrogens (tertiary/aromatic N) is 2. The first kappa shape index (κ1) is 20.1. The average Bonchev–Trinajstić information content (AvgIpc) is 3.47. The predicted octanol–water partition coefficient (Wildman–Crippen LogP) is 3.63. The summed E-state index contributed by atoms with van der Waals surface area (Å²) in [5.41, 5.74) is 3.17. The van der Waals surface area contributed by atoms with E-state index in [9.17, 15) is 14.7 Å². The van der Waals surface area contributed by atoms with Gasteiger partial charge in [0, 0.05) is 58.4 Å². The van der Waals surface area contributed by atoms with Crippen molar-refractivity contribution < 1.29 is 14.7 Å². The van der Waals surface area contributed by atoms with Gasteiger partial charge in [-0.3, -0.25) is 9.59 Å². The maximum atomic E-state index is 13.2. The van der Waals surface area contributed by atoms with Crippen LogP contribution in [0.4, 0.5) is 0 Å². The van der Waals surface area contributed by atoms with Gasteiger partial charge in [0.2, 0.25) is 0 Å². The minimum Gasteiger partial charge on any atom is -0.507 e. The van der Waals surface area contributed by atoms with Gasteiger partial charge in [-0.05, 0) is 26.2 Å². The van der Waals surface area contributed by atoms with Crippen LogP contribution >= 0.6 is 0 Å². The van der Waals surface area contributed by atoms with E-state index in [1.807, 2.05) is 73.7 Å². The fraction of sp³-hybridized carbons (Fsp3) is 0.200. The Bertz CT molecular complexity index is 1380. The summed E-state index contributed by atoms with van der Waals surface area (Å²) < 4.78 is 0. The van der Waals surface area contributed by atoms with Crippen molar-refractivity contribution >= 4 is 39.3 Å². The van der Waals surface area contributed by atoms with E-state index in [-0.39, 0.29) is 11.3 Å². The topological polar surface area (TPSA) is 92.4 Å². The monoisotopic (exact) mass is 428 g/mol. The molecule has 4 aromatic rings. The minimum atomic E-state index is -0.681. The van der Waals surface area contributed by atoms with Crippen molar-refractivity contribution in [2.24, 2.45) is 0 Å². The number of carbonyl (C=O) groups is 2. The number of para-hydroxylation sites is 2. The molecule has 0 aliphatic carbocycles. The first-order valence-corrected chi connectivity index (χ1v) is 10.5. The van der Waals surface area contributed by atoms with Crippen LogP contribution < -0.4 is 0 Å². The number of Topliss-reactive ketones (excluding diaryl/α,β-unsaturated/α-hetero) is 1. The molecule has 2 aromatic carbocycles. The maximum absolute atomic E-state index is 13.2. The molecular weight excluding hydrogens is 404 g/mol. The second kappa shape index (κ2) is 7.69. The Morgan fingerprint density at radius 2 is 1.59 bits per heavy atom. The first-order valence-electron chi connectivity index (χ1n) is 10.5. The van der Waals surface area contributed by atoms with Gasteiger partial charge in [-0.2, -0.15) is 0 Å². The second-order valence-electron chi connectivity index (χ2n) is 8.33. The smallest absolute Gasteiger partial charge is 0.295 e. The number of nitrogens with one attached hydrogen (secondary N) is 2. The molecule has 7 heteroatoms. The van der Waals surface area contributed by atoms with Crippen molar-refractivity contribution in [3.8, 4) is 0 Å². The summed E-state index contributed by atoms with van der Waals surface area (Å²) in [5.74, 6) is -1.42. The van der Waals surface area contributed by atoms with Crippen molar-refractivity contribution in [3.05, 3.63) is 77.6 Å². The van der Waals surface area contributed by atoms with E-state index < -0.39 is 17.7 Å². The van der Waals surface area contributed by atoms with E-state index in [4.69, 9.17) is 0 Å². The number of likely N-dealkylation sites (N-methyl/N-ethyl adjacent to an activating group) is 1. The fourth-order valence-electron chi connectivity index (χ4n) is 4.47. The zero-order valence-corrected chi connectivity index (χ0v) is 17.9. The lowest BCUT2D eigenvalue weighted by atomic mass is 9.95. The van der Waals surface area contributed by atoms with E-state index in [2.05, 4.69) is 9.97 Å². The third-order valence-corrected chi connectivity index (χ3v) is 6.09. The lowest BCUT2D eigenvalue weighted by molar-refractivity contribution is -0.140. The zero-order chi connectivity index (χ0) is 22.4. The summed E-state index contributed by atoms with van der Waals surface area (Å²) in [6.07, 6.45) is 3.51. The predicted molar refractivity (Wildman–Crippen MR) is 124 cm³/mol. The third kappa shape index (κ3) is 3.09. The van der Waals surface area contributed by atoms with Crippen LogP contribution in [0.25, 0.3) is 27.6 Å². The molecular formula is C25H24N4O3. The number of aliphatic hydroxyl groups excluding tert-OH is 1. The number of fused-ring (bicyclic) bond motifs is 2. The number of benzene rings is 2. The number of ketones is 1. The van der Waals surface area contributed by atoms with E-state index in [0.29, 0.717) is 18.7 Å². The van der Waals surface area contributed by atoms with Gasteiger partial charge in [-0.15, -0.1) is 0 Å². The standard InChI is InChI=1S/C25H24N4O3/c1-28(2)11-12-29-22(17-13-26-19-9-5-3-7-15(17)19)21(24(31)25(29)32)23(30)18-14-27-20-10-6-4-8-16(18)20/h3-10,13-14,22,26-27,30H,11-12H2,1-2H3/b23-21+. The highest BCUT2D eigenvalue weighted by Gasteiger charge is 2.46. The molecule has 3 N–H and O–H groups in total. The van der Waals surface area contributed by atoms with Crippen LogP contribution in [-0.4, -0.2) is 63.7 Å². The van der Waals surface area contributed by atoms with Gasteiger partial charge in [0.25, 0.3) is 11.7 Å². The maximum Gasteiger partial charge on any atom is 0.295 e. The lowest BCUT2D eigenvalue weighted by Crippen LogP contribution is -2.35. The van der Waals surface area contributed by atoms with Crippen molar-refractivity contribution in [2.75, 3.05) is 27.2 Å². The zero-order valence-electron chi connectivity index (χ0n) is 17.9. The molecule has 1 aliphatic heterocycles. The van der Waals surface area contributed by atoms with Crippen LogP contribution in [0, 0.1) is 0 Å². The van der Waals surface area contributed by atoms with E-state index in [1.165, 1.54) is 0 Å². The molecule has 3 heterocycles. The highest BCUT2D eigenvalue weighted by molar-refractivity contribution is 6.46. The molecule has 0 saturated carbocycles. The van der Waals surface area contributed by atoms with E-state index in [1.54, 1.807) is 11.1 Å². The van der Waals surface area contributed by atoms with Gasteiger partial charge in [-0.1, -0.05) is 36.4 Å². The number of aromatic nitrogens is 2. The van der Waals surface area contributed by atoms with E-state index in [0.717, 1.165) is 27.4 Å². The molecule has 0 spiro atoms. The van der Waals surface area contributed by atoms with Crippen LogP contribution in [0.5, 0.6) is 0 Å². The van der Waals surface area contributed by atoms with Gasteiger partial charge < -0.3 is 24.9 Å². The minimum absolute atomic E-state index is 0.114. The van der Waals surface area contributed by atoms with Gasteiger partial charge in [0.05, 0.1) is 11.6 Å². The molecule has 1 fully saturated rings. The molecule has 32 heavy (non-hydrogen) atoms. The van der Waals surface area contributed by atoms with E-state index >= 15 is 0 Å². The second-order valence-corrected chi connectivity index (χ2v) is 8.33. The third-order valence-electron chi connectivity index (χ3n) is 6.09. The van der Waals surface area contributed by atoms with Crippen molar-refractivity contribution in [3.63, 3.8) is 0 Å². The number of rotatable bonds is 5. The van der Waals surface area contributed by atoms with Gasteiger partial charge in [0.15, 0.2) is 0 Å². The van der Waals surface area contributed by atoms with Gasteiger partial charge >= 0.3 is 0 Å². The Morgan fingerprint density at radius 1 is 0.969 bits per heavy atom. The number of H-pyrrole nitrogens is 2. The van der Waals surface area contributed by atoms with Crippen LogP contribution in [0.2, 0.25) is 0 Å². The number of aromatic amines is 2. The summed E-state index contributed by atoms with van der Waals surface area (Å²) in [5, 5.41) is 13.1. The Morgan fingerprint density at radius 3 is 2.31 bits per heavy atom. The Balaban J connectivity index is 1.73. The Labute approximate surface area is 184 Å². The number of carbonyl (C=O) groups excluding carboxylic acids is 2. The molecule has 0 radical (unpaired) electrons. The fourth-order valence-corrected chi connectivity index (χ4v) is 4.47. The molecule has 1 unspecified atom stereocenters. The average molecular weight is 428 g/mol. The lowest BCUT2D eigenvalue weighted by Gasteiger charge is -2.26. The molecule has 162 valence electrons. The number of aliphatic hydroxyl groups is 1. The highest BCUT2D eigenvalue weighted by Crippen LogP contribution is 2.42. The molecule has 2 aromatic heterocycles. The molecule has 7 nitrogen and oxygen atoms in total. The number of likely N-dealkylation sites (tertiary alicyclic amines) is 1. The molecule has 1 atom stereocenters. The van der Waals surface area contributed by atoms with Gasteiger partial charge in [0.1, 0.15) is 5.76 Å². The van der Waals surface area contributed by atoms with Crippen LogP contribution in [0.1, 0.15) is 17.2 Å². The van der Waals surface area contributed by atoms with Crippen molar-refractivity contribution in [1.29, 1.82) is 0 Å². The quantitative estimate of drug-likeness (QED) is 0.257. The molecule has 5 rings (SSSR count). The van der Waals surface area contributed by atoms with Crippen LogP contribution in [-0.2, 0) is 9.59 Å². The molecule has 1 amide bonds. The highest BCUT2D eigenvalue weighted by atomic mass is 16.3.